The van der Waals surface area contributed by atoms with Gasteiger partial charge in [-0.3, -0.25) is 19.7 Å². The Kier molecular flexibility index (Phi) is 6.12. The second-order valence-electron chi connectivity index (χ2n) is 7.40. The second kappa shape index (κ2) is 8.43. The van der Waals surface area contributed by atoms with Gasteiger partial charge in [0, 0.05) is 0 Å². The molecular weight excluding hydrogens is 410 g/mol. The van der Waals surface area contributed by atoms with Gasteiger partial charge in [0.05, 0.1) is 11.2 Å². The Morgan fingerprint density at radius 1 is 1.13 bits per heavy atom. The number of hydrogen-bond donors (Lipinski definition) is 1. The molecule has 8 nitrogen and oxygen atoms in total. The van der Waals surface area contributed by atoms with E-state index in [1.54, 1.807) is 32.0 Å². The van der Waals surface area contributed by atoms with E-state index in [1.807, 2.05) is 5.32 Å². The molecule has 0 radical (unpaired) electrons. The van der Waals surface area contributed by atoms with Gasteiger partial charge in [0.15, 0.2) is 27.0 Å². The van der Waals surface area contributed by atoms with Crippen LogP contribution in [0.4, 0.5) is 0 Å². The van der Waals surface area contributed by atoms with Crippen LogP contribution < -0.4 is 5.32 Å². The number of benzene rings is 1. The number of sulfone groups is 1. The molecule has 0 unspecified atom stereocenters. The summed E-state index contributed by atoms with van der Waals surface area (Å²) in [6.07, 6.45) is 2.63. The fraction of sp³-hybridized carbons (Fsp3) is 0.381. The lowest BCUT2D eigenvalue weighted by Crippen LogP contribution is -2.46. The summed E-state index contributed by atoms with van der Waals surface area (Å²) in [6.45, 7) is 2.68. The van der Waals surface area contributed by atoms with Crippen LogP contribution in [0, 0.1) is 13.8 Å². The Hall–Kier alpha value is -2.94. The molecule has 0 saturated heterocycles. The molecular formula is C21H23NO7S. The summed E-state index contributed by atoms with van der Waals surface area (Å²) in [6, 6.07) is 7.91. The number of ether oxygens (including phenoxy) is 1. The molecule has 1 fully saturated rings. The molecule has 0 spiro atoms. The van der Waals surface area contributed by atoms with E-state index in [-0.39, 0.29) is 23.5 Å². The van der Waals surface area contributed by atoms with E-state index in [1.165, 1.54) is 18.4 Å². The molecule has 1 aromatic heterocycles. The maximum atomic E-state index is 13.5. The molecule has 1 heterocycles. The van der Waals surface area contributed by atoms with Gasteiger partial charge in [-0.2, -0.15) is 0 Å². The maximum absolute atomic E-state index is 13.5. The minimum atomic E-state index is -4.05. The fourth-order valence-corrected chi connectivity index (χ4v) is 5.99. The first-order chi connectivity index (χ1) is 14.2. The maximum Gasteiger partial charge on any atom is 0.328 e. The molecule has 9 heteroatoms. The average Bonchev–Trinajstić information content (AvgIpc) is 3.40. The standard InChI is InChI=1S/C21H23NO7S/c1-14-7-8-15(2)17(12-14)30(26,27)21(9-3-4-10-21)20(25)29-13-18(23)22-19(24)16-6-5-11-28-16/h5-8,11-12H,3-4,9-10,13H2,1-2H3,(H,22,23,24). The van der Waals surface area contributed by atoms with Crippen molar-refractivity contribution in [1.29, 1.82) is 0 Å². The molecule has 2 amide bonds. The summed E-state index contributed by atoms with van der Waals surface area (Å²) in [5, 5.41) is 2.03. The lowest BCUT2D eigenvalue weighted by molar-refractivity contribution is -0.150. The first-order valence-corrected chi connectivity index (χ1v) is 11.0. The minimum absolute atomic E-state index is 0.0700. The zero-order valence-corrected chi connectivity index (χ0v) is 17.6. The number of furan rings is 1. The normalized spacial score (nSPS) is 15.5. The van der Waals surface area contributed by atoms with Crippen LogP contribution in [0.25, 0.3) is 0 Å². The summed E-state index contributed by atoms with van der Waals surface area (Å²) in [4.78, 5) is 36.8. The van der Waals surface area contributed by atoms with Crippen LogP contribution in [0.5, 0.6) is 0 Å². The Labute approximate surface area is 174 Å². The van der Waals surface area contributed by atoms with Crippen molar-refractivity contribution < 1.29 is 32.0 Å². The van der Waals surface area contributed by atoms with Crippen molar-refractivity contribution in [3.8, 4) is 0 Å². The number of amides is 2. The Morgan fingerprint density at radius 2 is 1.83 bits per heavy atom. The Balaban J connectivity index is 1.77. The average molecular weight is 433 g/mol. The van der Waals surface area contributed by atoms with Gasteiger partial charge in [-0.05, 0) is 56.0 Å². The molecule has 2 aromatic rings. The fourth-order valence-electron chi connectivity index (χ4n) is 3.63. The topological polar surface area (TPSA) is 120 Å². The van der Waals surface area contributed by atoms with Crippen molar-refractivity contribution in [3.63, 3.8) is 0 Å². The Morgan fingerprint density at radius 3 is 2.47 bits per heavy atom. The van der Waals surface area contributed by atoms with Gasteiger partial charge in [-0.15, -0.1) is 0 Å². The molecule has 0 aliphatic heterocycles. The number of rotatable bonds is 6. The molecule has 1 N–H and O–H groups in total. The van der Waals surface area contributed by atoms with Gasteiger partial charge in [0.25, 0.3) is 11.8 Å². The highest BCUT2D eigenvalue weighted by Gasteiger charge is 2.54. The van der Waals surface area contributed by atoms with Crippen LogP contribution in [0.1, 0.15) is 47.4 Å². The number of carbonyl (C=O) groups excluding carboxylic acids is 3. The number of imide groups is 1. The smallest absolute Gasteiger partial charge is 0.328 e. The molecule has 3 rings (SSSR count). The van der Waals surface area contributed by atoms with Crippen LogP contribution in [0.2, 0.25) is 0 Å². The van der Waals surface area contributed by atoms with Crippen LogP contribution in [0.3, 0.4) is 0 Å². The third-order valence-corrected chi connectivity index (χ3v) is 7.89. The van der Waals surface area contributed by atoms with Crippen LogP contribution in [0.15, 0.2) is 45.9 Å². The van der Waals surface area contributed by atoms with Crippen LogP contribution >= 0.6 is 0 Å². The highest BCUT2D eigenvalue weighted by atomic mass is 32.2. The summed E-state index contributed by atoms with van der Waals surface area (Å²) in [5.74, 6) is -2.69. The number of carbonyl (C=O) groups is 3. The first kappa shape index (κ1) is 21.8. The van der Waals surface area contributed by atoms with E-state index >= 15 is 0 Å². The summed E-state index contributed by atoms with van der Waals surface area (Å²) >= 11 is 0. The quantitative estimate of drug-likeness (QED) is 0.695. The molecule has 1 aliphatic rings. The molecule has 0 bridgehead atoms. The van der Waals surface area contributed by atoms with Crippen molar-refractivity contribution in [1.82, 2.24) is 5.32 Å². The summed E-state index contributed by atoms with van der Waals surface area (Å²) in [7, 11) is -4.05. The van der Waals surface area contributed by atoms with Crippen LogP contribution in [-0.4, -0.2) is 37.6 Å². The van der Waals surface area contributed by atoms with E-state index in [2.05, 4.69) is 0 Å². The minimum Gasteiger partial charge on any atom is -0.459 e. The van der Waals surface area contributed by atoms with Crippen molar-refractivity contribution in [2.75, 3.05) is 6.61 Å². The number of esters is 1. The van der Waals surface area contributed by atoms with Crippen molar-refractivity contribution >= 4 is 27.6 Å². The van der Waals surface area contributed by atoms with E-state index in [0.717, 1.165) is 5.56 Å². The van der Waals surface area contributed by atoms with Crippen LogP contribution in [-0.2, 0) is 24.2 Å². The lowest BCUT2D eigenvalue weighted by Gasteiger charge is -2.27. The third kappa shape index (κ3) is 4.02. The summed E-state index contributed by atoms with van der Waals surface area (Å²) in [5.41, 5.74) is 1.30. The van der Waals surface area contributed by atoms with Crippen molar-refractivity contribution in [2.45, 2.75) is 49.2 Å². The zero-order chi connectivity index (χ0) is 21.9. The van der Waals surface area contributed by atoms with Gasteiger partial charge in [0.1, 0.15) is 0 Å². The number of nitrogens with one attached hydrogen (secondary N) is 1. The van der Waals surface area contributed by atoms with E-state index in [4.69, 9.17) is 9.15 Å². The SMILES string of the molecule is Cc1ccc(C)c(S(=O)(=O)C2(C(=O)OCC(=O)NC(=O)c3ccco3)CCCC2)c1. The second-order valence-corrected chi connectivity index (χ2v) is 9.63. The summed E-state index contributed by atoms with van der Waals surface area (Å²) < 4.78 is 35.2. The monoisotopic (exact) mass is 433 g/mol. The Bertz CT molecular complexity index is 1060. The molecule has 1 aliphatic carbocycles. The van der Waals surface area contributed by atoms with E-state index < -0.39 is 39.0 Å². The molecule has 0 atom stereocenters. The van der Waals surface area contributed by atoms with Gasteiger partial charge in [-0.25, -0.2) is 8.42 Å². The van der Waals surface area contributed by atoms with E-state index in [9.17, 15) is 22.8 Å². The lowest BCUT2D eigenvalue weighted by atomic mass is 10.1. The molecule has 1 aromatic carbocycles. The molecule has 1 saturated carbocycles. The van der Waals surface area contributed by atoms with Gasteiger partial charge in [-0.1, -0.05) is 25.0 Å². The predicted octanol–water partition coefficient (Wildman–Crippen LogP) is 2.48. The molecule has 30 heavy (non-hydrogen) atoms. The predicted molar refractivity (Wildman–Crippen MR) is 106 cm³/mol. The zero-order valence-electron chi connectivity index (χ0n) is 16.8. The highest BCUT2D eigenvalue weighted by molar-refractivity contribution is 7.93. The van der Waals surface area contributed by atoms with E-state index in [0.29, 0.717) is 18.4 Å². The van der Waals surface area contributed by atoms with Crippen molar-refractivity contribution in [3.05, 3.63) is 53.5 Å². The number of hydrogen-bond acceptors (Lipinski definition) is 7. The van der Waals surface area contributed by atoms with Gasteiger partial charge in [0.2, 0.25) is 0 Å². The largest absolute Gasteiger partial charge is 0.459 e. The molecule has 160 valence electrons. The first-order valence-electron chi connectivity index (χ1n) is 9.54. The van der Waals surface area contributed by atoms with Gasteiger partial charge >= 0.3 is 5.97 Å². The highest BCUT2D eigenvalue weighted by Crippen LogP contribution is 2.42. The third-order valence-electron chi connectivity index (χ3n) is 5.26. The van der Waals surface area contributed by atoms with Gasteiger partial charge < -0.3 is 9.15 Å². The number of aryl methyl sites for hydroxylation is 2. The van der Waals surface area contributed by atoms with Crippen molar-refractivity contribution in [2.24, 2.45) is 0 Å².